The molecule has 1 amide bonds. The molecule has 0 spiro atoms. The molecule has 122 valence electrons. The van der Waals surface area contributed by atoms with Crippen molar-refractivity contribution in [2.24, 2.45) is 0 Å². The highest BCUT2D eigenvalue weighted by molar-refractivity contribution is 6.06. The van der Waals surface area contributed by atoms with Gasteiger partial charge in [-0.05, 0) is 53.9 Å². The van der Waals surface area contributed by atoms with Crippen molar-refractivity contribution in [3.63, 3.8) is 0 Å². The number of nitriles is 1. The summed E-state index contributed by atoms with van der Waals surface area (Å²) in [6.45, 7) is 0. The molecule has 0 atom stereocenters. The number of nitrogens with one attached hydrogen (secondary N) is 1. The van der Waals surface area contributed by atoms with E-state index in [2.05, 4.69) is 5.32 Å². The lowest BCUT2D eigenvalue weighted by atomic mass is 10.0. The predicted molar refractivity (Wildman–Crippen MR) is 96.5 cm³/mol. The van der Waals surface area contributed by atoms with Crippen LogP contribution >= 0.6 is 0 Å². The Balaban J connectivity index is 1.79. The van der Waals surface area contributed by atoms with Crippen LogP contribution < -0.4 is 5.32 Å². The van der Waals surface area contributed by atoms with E-state index in [1.54, 1.807) is 36.4 Å². The van der Waals surface area contributed by atoms with Crippen molar-refractivity contribution >= 4 is 11.6 Å². The average molecular weight is 328 g/mol. The second kappa shape index (κ2) is 7.33. The molecule has 0 saturated carbocycles. The summed E-state index contributed by atoms with van der Waals surface area (Å²) in [4.78, 5) is 12.5. The minimum atomic E-state index is -0.392. The number of nitrogens with zero attached hydrogens (tertiary/aromatic N) is 1. The van der Waals surface area contributed by atoms with Gasteiger partial charge in [-0.25, -0.2) is 0 Å². The zero-order valence-electron chi connectivity index (χ0n) is 13.4. The molecule has 2 N–H and O–H groups in total. The van der Waals surface area contributed by atoms with Gasteiger partial charge in [0.2, 0.25) is 0 Å². The van der Waals surface area contributed by atoms with E-state index >= 15 is 0 Å². The number of anilines is 1. The van der Waals surface area contributed by atoms with Gasteiger partial charge in [0.25, 0.3) is 5.91 Å². The third kappa shape index (κ3) is 4.04. The SMILES string of the molecule is N#Cc1ccc(NC(=O)c2cc(Cc3ccccc3)ccc2O)cc1. The van der Waals surface area contributed by atoms with E-state index in [0.717, 1.165) is 11.1 Å². The summed E-state index contributed by atoms with van der Waals surface area (Å²) in [5.74, 6) is -0.458. The van der Waals surface area contributed by atoms with Crippen molar-refractivity contribution in [1.82, 2.24) is 0 Å². The average Bonchev–Trinajstić information content (AvgIpc) is 2.65. The van der Waals surface area contributed by atoms with Crippen molar-refractivity contribution in [1.29, 1.82) is 5.26 Å². The summed E-state index contributed by atoms with van der Waals surface area (Å²) < 4.78 is 0. The molecule has 3 aromatic rings. The first kappa shape index (κ1) is 16.3. The van der Waals surface area contributed by atoms with Crippen molar-refractivity contribution in [2.75, 3.05) is 5.32 Å². The molecule has 3 aromatic carbocycles. The monoisotopic (exact) mass is 328 g/mol. The van der Waals surface area contributed by atoms with E-state index in [1.165, 1.54) is 6.07 Å². The summed E-state index contributed by atoms with van der Waals surface area (Å²) in [6, 6.07) is 23.5. The Morgan fingerprint density at radius 3 is 2.36 bits per heavy atom. The molecule has 4 heteroatoms. The zero-order valence-corrected chi connectivity index (χ0v) is 13.4. The Labute approximate surface area is 146 Å². The van der Waals surface area contributed by atoms with Crippen LogP contribution in [-0.2, 0) is 6.42 Å². The van der Waals surface area contributed by atoms with E-state index < -0.39 is 5.91 Å². The van der Waals surface area contributed by atoms with E-state index in [-0.39, 0.29) is 11.3 Å². The largest absolute Gasteiger partial charge is 0.507 e. The summed E-state index contributed by atoms with van der Waals surface area (Å²) in [7, 11) is 0. The fourth-order valence-corrected chi connectivity index (χ4v) is 2.53. The smallest absolute Gasteiger partial charge is 0.259 e. The Morgan fingerprint density at radius 2 is 1.68 bits per heavy atom. The zero-order chi connectivity index (χ0) is 17.6. The van der Waals surface area contributed by atoms with Gasteiger partial charge in [-0.3, -0.25) is 4.79 Å². The lowest BCUT2D eigenvalue weighted by Crippen LogP contribution is -2.12. The van der Waals surface area contributed by atoms with Gasteiger partial charge in [-0.2, -0.15) is 5.26 Å². The molecule has 4 nitrogen and oxygen atoms in total. The van der Waals surface area contributed by atoms with E-state index in [1.807, 2.05) is 36.4 Å². The second-order valence-electron chi connectivity index (χ2n) is 5.66. The van der Waals surface area contributed by atoms with Gasteiger partial charge in [-0.15, -0.1) is 0 Å². The lowest BCUT2D eigenvalue weighted by Gasteiger charge is -2.09. The number of rotatable bonds is 4. The molecule has 0 saturated heterocycles. The molecule has 25 heavy (non-hydrogen) atoms. The highest BCUT2D eigenvalue weighted by Crippen LogP contribution is 2.22. The summed E-state index contributed by atoms with van der Waals surface area (Å²) in [5, 5.41) is 21.6. The third-order valence-corrected chi connectivity index (χ3v) is 3.83. The van der Waals surface area contributed by atoms with E-state index in [9.17, 15) is 9.90 Å². The number of hydrogen-bond donors (Lipinski definition) is 2. The number of phenolic OH excluding ortho intramolecular Hbond substituents is 1. The van der Waals surface area contributed by atoms with Gasteiger partial charge in [0.1, 0.15) is 5.75 Å². The van der Waals surface area contributed by atoms with Gasteiger partial charge in [0.05, 0.1) is 17.2 Å². The topological polar surface area (TPSA) is 73.1 Å². The molecule has 0 aliphatic carbocycles. The molecule has 0 aliphatic rings. The summed E-state index contributed by atoms with van der Waals surface area (Å²) in [5.41, 5.74) is 3.38. The van der Waals surface area contributed by atoms with E-state index in [0.29, 0.717) is 17.7 Å². The third-order valence-electron chi connectivity index (χ3n) is 3.83. The number of carbonyl (C=O) groups is 1. The first-order valence-electron chi connectivity index (χ1n) is 7.83. The van der Waals surface area contributed by atoms with Gasteiger partial charge >= 0.3 is 0 Å². The number of aromatic hydroxyl groups is 1. The first-order chi connectivity index (χ1) is 12.2. The van der Waals surface area contributed by atoms with Crippen LogP contribution in [0.1, 0.15) is 27.0 Å². The molecule has 0 radical (unpaired) electrons. The van der Waals surface area contributed by atoms with Crippen molar-refractivity contribution in [2.45, 2.75) is 6.42 Å². The molecular weight excluding hydrogens is 312 g/mol. The molecular formula is C21H16N2O2. The van der Waals surface area contributed by atoms with Crippen LogP contribution in [0.4, 0.5) is 5.69 Å². The Hall–Kier alpha value is -3.58. The van der Waals surface area contributed by atoms with E-state index in [4.69, 9.17) is 5.26 Å². The van der Waals surface area contributed by atoms with Crippen LogP contribution in [0, 0.1) is 11.3 Å². The first-order valence-corrected chi connectivity index (χ1v) is 7.83. The summed E-state index contributed by atoms with van der Waals surface area (Å²) >= 11 is 0. The van der Waals surface area contributed by atoms with Crippen LogP contribution in [0.25, 0.3) is 0 Å². The predicted octanol–water partition coefficient (Wildman–Crippen LogP) is 4.11. The summed E-state index contributed by atoms with van der Waals surface area (Å²) in [6.07, 6.45) is 0.679. The van der Waals surface area contributed by atoms with Gasteiger partial charge in [0.15, 0.2) is 0 Å². The number of amides is 1. The minimum Gasteiger partial charge on any atom is -0.507 e. The van der Waals surface area contributed by atoms with Gasteiger partial charge in [-0.1, -0.05) is 36.4 Å². The number of carbonyl (C=O) groups excluding carboxylic acids is 1. The van der Waals surface area contributed by atoms with Gasteiger partial charge in [0, 0.05) is 5.69 Å². The molecule has 0 aliphatic heterocycles. The lowest BCUT2D eigenvalue weighted by molar-refractivity contribution is 0.102. The maximum atomic E-state index is 12.5. The molecule has 0 unspecified atom stereocenters. The molecule has 0 heterocycles. The van der Waals surface area contributed by atoms with Gasteiger partial charge < -0.3 is 10.4 Å². The Bertz CT molecular complexity index is 926. The van der Waals surface area contributed by atoms with Crippen LogP contribution in [0.3, 0.4) is 0 Å². The standard InChI is InChI=1S/C21H16N2O2/c22-14-16-6-9-18(10-7-16)23-21(25)19-13-17(8-11-20(19)24)12-15-4-2-1-3-5-15/h1-11,13,24H,12H2,(H,23,25). The quantitative estimate of drug-likeness (QED) is 0.757. The maximum absolute atomic E-state index is 12.5. The highest BCUT2D eigenvalue weighted by atomic mass is 16.3. The number of hydrogen-bond acceptors (Lipinski definition) is 3. The molecule has 3 rings (SSSR count). The molecule has 0 bridgehead atoms. The maximum Gasteiger partial charge on any atom is 0.259 e. The van der Waals surface area contributed by atoms with Crippen molar-refractivity contribution in [3.05, 3.63) is 95.1 Å². The Kier molecular flexibility index (Phi) is 4.77. The molecule has 0 fully saturated rings. The van der Waals surface area contributed by atoms with Crippen LogP contribution in [0.15, 0.2) is 72.8 Å². The van der Waals surface area contributed by atoms with Crippen molar-refractivity contribution in [3.8, 4) is 11.8 Å². The van der Waals surface area contributed by atoms with Crippen molar-refractivity contribution < 1.29 is 9.90 Å². The van der Waals surface area contributed by atoms with Crippen LogP contribution in [0.5, 0.6) is 5.75 Å². The Morgan fingerprint density at radius 1 is 0.960 bits per heavy atom. The highest BCUT2D eigenvalue weighted by Gasteiger charge is 2.12. The number of benzene rings is 3. The molecule has 0 aromatic heterocycles. The fraction of sp³-hybridized carbons (Fsp3) is 0.0476. The minimum absolute atomic E-state index is 0.0667. The fourth-order valence-electron chi connectivity index (χ4n) is 2.53. The number of phenols is 1. The normalized spacial score (nSPS) is 10.0. The van der Waals surface area contributed by atoms with Crippen LogP contribution in [-0.4, -0.2) is 11.0 Å². The second-order valence-corrected chi connectivity index (χ2v) is 5.66. The van der Waals surface area contributed by atoms with Crippen LogP contribution in [0.2, 0.25) is 0 Å².